The number of rotatable bonds is 5. The molecule has 0 bridgehead atoms. The Morgan fingerprint density at radius 1 is 1.24 bits per heavy atom. The van der Waals surface area contributed by atoms with Gasteiger partial charge in [-0.1, -0.05) is 19.1 Å². The molecule has 2 unspecified atom stereocenters. The molecule has 0 aliphatic heterocycles. The number of halogens is 1. The van der Waals surface area contributed by atoms with Crippen molar-refractivity contribution in [3.8, 4) is 10.4 Å². The average Bonchev–Trinajstić information content (AvgIpc) is 2.97. The lowest BCUT2D eigenvalue weighted by Crippen LogP contribution is -2.37. The van der Waals surface area contributed by atoms with Gasteiger partial charge in [-0.2, -0.15) is 0 Å². The predicted octanol–water partition coefficient (Wildman–Crippen LogP) is 3.30. The minimum atomic E-state index is -0.278. The maximum absolute atomic E-state index is 12.9. The van der Waals surface area contributed by atoms with Crippen LogP contribution in [0.15, 0.2) is 36.4 Å². The molecular formula is C16H18FNO2S. The summed E-state index contributed by atoms with van der Waals surface area (Å²) in [5, 5.41) is 12.0. The Hall–Kier alpha value is -1.72. The quantitative estimate of drug-likeness (QED) is 0.890. The van der Waals surface area contributed by atoms with Gasteiger partial charge in [0, 0.05) is 17.5 Å². The number of hydrogen-bond acceptors (Lipinski definition) is 3. The van der Waals surface area contributed by atoms with E-state index in [4.69, 9.17) is 5.11 Å². The van der Waals surface area contributed by atoms with Gasteiger partial charge in [-0.15, -0.1) is 11.3 Å². The van der Waals surface area contributed by atoms with E-state index in [1.165, 1.54) is 23.5 Å². The molecule has 1 amide bonds. The highest BCUT2D eigenvalue weighted by atomic mass is 32.1. The molecule has 0 aliphatic carbocycles. The van der Waals surface area contributed by atoms with E-state index in [1.807, 2.05) is 19.9 Å². The van der Waals surface area contributed by atoms with Crippen LogP contribution in [0.2, 0.25) is 0 Å². The summed E-state index contributed by atoms with van der Waals surface area (Å²) in [6.07, 6.45) is 0. The van der Waals surface area contributed by atoms with Gasteiger partial charge in [0.25, 0.3) is 5.91 Å². The first-order valence-corrected chi connectivity index (χ1v) is 7.60. The van der Waals surface area contributed by atoms with Gasteiger partial charge in [0.05, 0.1) is 4.88 Å². The first-order valence-electron chi connectivity index (χ1n) is 6.78. The number of thiophene rings is 1. The Labute approximate surface area is 127 Å². The molecule has 2 N–H and O–H groups in total. The predicted molar refractivity (Wildman–Crippen MR) is 82.9 cm³/mol. The lowest BCUT2D eigenvalue weighted by molar-refractivity contribution is 0.0920. The fraction of sp³-hybridized carbons (Fsp3) is 0.312. The van der Waals surface area contributed by atoms with Crippen molar-refractivity contribution >= 4 is 17.2 Å². The highest BCUT2D eigenvalue weighted by molar-refractivity contribution is 7.17. The van der Waals surface area contributed by atoms with Gasteiger partial charge in [0.2, 0.25) is 0 Å². The molecule has 21 heavy (non-hydrogen) atoms. The number of carbonyl (C=O) groups is 1. The molecular weight excluding hydrogens is 289 g/mol. The van der Waals surface area contributed by atoms with E-state index in [0.717, 1.165) is 10.4 Å². The normalized spacial score (nSPS) is 13.7. The molecule has 2 atom stereocenters. The van der Waals surface area contributed by atoms with E-state index in [1.54, 1.807) is 18.2 Å². The smallest absolute Gasteiger partial charge is 0.261 e. The molecule has 5 heteroatoms. The standard InChI is InChI=1S/C16H18FNO2S/c1-10(9-19)11(2)18-16(20)15-8-7-14(21-15)12-3-5-13(17)6-4-12/h3-8,10-11,19H,9H2,1-2H3,(H,18,20). The van der Waals surface area contributed by atoms with Crippen LogP contribution in [0.1, 0.15) is 23.5 Å². The van der Waals surface area contributed by atoms with Crippen molar-refractivity contribution in [1.82, 2.24) is 5.32 Å². The molecule has 0 radical (unpaired) electrons. The van der Waals surface area contributed by atoms with Gasteiger partial charge >= 0.3 is 0 Å². The summed E-state index contributed by atoms with van der Waals surface area (Å²) in [6, 6.07) is 9.71. The molecule has 0 spiro atoms. The SMILES string of the molecule is CC(CO)C(C)NC(=O)c1ccc(-c2ccc(F)cc2)s1. The summed E-state index contributed by atoms with van der Waals surface area (Å²) in [6.45, 7) is 3.78. The van der Waals surface area contributed by atoms with Crippen molar-refractivity contribution < 1.29 is 14.3 Å². The molecule has 0 aliphatic rings. The summed E-state index contributed by atoms with van der Waals surface area (Å²) < 4.78 is 12.9. The number of aliphatic hydroxyl groups excluding tert-OH is 1. The largest absolute Gasteiger partial charge is 0.396 e. The molecule has 0 saturated carbocycles. The van der Waals surface area contributed by atoms with Crippen LogP contribution in [0.25, 0.3) is 10.4 Å². The van der Waals surface area contributed by atoms with E-state index >= 15 is 0 Å². The molecule has 112 valence electrons. The summed E-state index contributed by atoms with van der Waals surface area (Å²) in [5.41, 5.74) is 0.886. The van der Waals surface area contributed by atoms with Crippen LogP contribution in [-0.4, -0.2) is 23.7 Å². The van der Waals surface area contributed by atoms with Crippen LogP contribution < -0.4 is 5.32 Å². The van der Waals surface area contributed by atoms with Gasteiger partial charge < -0.3 is 10.4 Å². The topological polar surface area (TPSA) is 49.3 Å². The number of aliphatic hydroxyl groups is 1. The zero-order valence-electron chi connectivity index (χ0n) is 12.0. The van der Waals surface area contributed by atoms with Crippen molar-refractivity contribution in [2.24, 2.45) is 5.92 Å². The van der Waals surface area contributed by atoms with Gasteiger partial charge in [-0.3, -0.25) is 4.79 Å². The third-order valence-corrected chi connectivity index (χ3v) is 4.59. The van der Waals surface area contributed by atoms with E-state index in [0.29, 0.717) is 4.88 Å². The Bertz CT molecular complexity index is 609. The first-order chi connectivity index (χ1) is 10.0. The lowest BCUT2D eigenvalue weighted by Gasteiger charge is -2.18. The third kappa shape index (κ3) is 3.89. The second kappa shape index (κ2) is 6.83. The fourth-order valence-corrected chi connectivity index (χ4v) is 2.72. The van der Waals surface area contributed by atoms with Gasteiger partial charge in [0.1, 0.15) is 5.82 Å². The summed E-state index contributed by atoms with van der Waals surface area (Å²) in [7, 11) is 0. The maximum Gasteiger partial charge on any atom is 0.261 e. The summed E-state index contributed by atoms with van der Waals surface area (Å²) in [4.78, 5) is 13.7. The van der Waals surface area contributed by atoms with Crippen LogP contribution in [-0.2, 0) is 0 Å². The minimum Gasteiger partial charge on any atom is -0.396 e. The number of hydrogen-bond donors (Lipinski definition) is 2. The van der Waals surface area contributed by atoms with Gasteiger partial charge in [-0.05, 0) is 42.7 Å². The van der Waals surface area contributed by atoms with Crippen molar-refractivity contribution in [3.63, 3.8) is 0 Å². The Morgan fingerprint density at radius 2 is 1.90 bits per heavy atom. The third-order valence-electron chi connectivity index (χ3n) is 3.46. The monoisotopic (exact) mass is 307 g/mol. The molecule has 2 aromatic rings. The number of nitrogens with one attached hydrogen (secondary N) is 1. The molecule has 0 saturated heterocycles. The van der Waals surface area contributed by atoms with E-state index in [2.05, 4.69) is 5.32 Å². The molecule has 1 aromatic heterocycles. The molecule has 0 fully saturated rings. The highest BCUT2D eigenvalue weighted by Crippen LogP contribution is 2.28. The Kier molecular flexibility index (Phi) is 5.09. The van der Waals surface area contributed by atoms with Crippen molar-refractivity contribution in [3.05, 3.63) is 47.1 Å². The minimum absolute atomic E-state index is 0.00508. The van der Waals surface area contributed by atoms with Crippen LogP contribution >= 0.6 is 11.3 Å². The second-order valence-corrected chi connectivity index (χ2v) is 6.18. The Balaban J connectivity index is 2.09. The van der Waals surface area contributed by atoms with E-state index < -0.39 is 0 Å². The molecule has 3 nitrogen and oxygen atoms in total. The molecule has 1 aromatic carbocycles. The first kappa shape index (κ1) is 15.7. The van der Waals surface area contributed by atoms with Crippen LogP contribution in [0.3, 0.4) is 0 Å². The number of benzene rings is 1. The number of carbonyl (C=O) groups excluding carboxylic acids is 1. The van der Waals surface area contributed by atoms with Crippen molar-refractivity contribution in [2.75, 3.05) is 6.61 Å². The summed E-state index contributed by atoms with van der Waals surface area (Å²) >= 11 is 1.36. The lowest BCUT2D eigenvalue weighted by atomic mass is 10.1. The fourth-order valence-electron chi connectivity index (χ4n) is 1.81. The number of amides is 1. The maximum atomic E-state index is 12.9. The van der Waals surface area contributed by atoms with Crippen LogP contribution in [0.4, 0.5) is 4.39 Å². The Morgan fingerprint density at radius 3 is 2.52 bits per heavy atom. The zero-order valence-corrected chi connectivity index (χ0v) is 12.8. The van der Waals surface area contributed by atoms with E-state index in [9.17, 15) is 9.18 Å². The van der Waals surface area contributed by atoms with E-state index in [-0.39, 0.29) is 30.3 Å². The average molecular weight is 307 g/mol. The molecule has 2 rings (SSSR count). The van der Waals surface area contributed by atoms with Gasteiger partial charge in [0.15, 0.2) is 0 Å². The second-order valence-electron chi connectivity index (χ2n) is 5.09. The van der Waals surface area contributed by atoms with Crippen LogP contribution in [0, 0.1) is 11.7 Å². The summed E-state index contributed by atoms with van der Waals surface area (Å²) in [5.74, 6) is -0.424. The van der Waals surface area contributed by atoms with Crippen LogP contribution in [0.5, 0.6) is 0 Å². The molecule has 1 heterocycles. The zero-order chi connectivity index (χ0) is 15.4. The van der Waals surface area contributed by atoms with Crippen molar-refractivity contribution in [2.45, 2.75) is 19.9 Å². The van der Waals surface area contributed by atoms with Gasteiger partial charge in [-0.25, -0.2) is 4.39 Å². The van der Waals surface area contributed by atoms with Crippen molar-refractivity contribution in [1.29, 1.82) is 0 Å². The highest BCUT2D eigenvalue weighted by Gasteiger charge is 2.16.